The molecule has 0 aromatic heterocycles. The molecule has 0 aliphatic carbocycles. The van der Waals surface area contributed by atoms with Gasteiger partial charge in [-0.05, 0) is 41.9 Å². The molecule has 0 aliphatic rings. The predicted octanol–water partition coefficient (Wildman–Crippen LogP) is 5.19. The topological polar surface area (TPSA) is 77.9 Å². The van der Waals surface area contributed by atoms with E-state index in [4.69, 9.17) is 28.7 Å². The summed E-state index contributed by atoms with van der Waals surface area (Å²) in [7, 11) is 0. The van der Waals surface area contributed by atoms with Gasteiger partial charge in [-0.25, -0.2) is 0 Å². The Morgan fingerprint density at radius 2 is 1.75 bits per heavy atom. The molecule has 0 saturated heterocycles. The average Bonchev–Trinajstić information content (AvgIpc) is 2.43. The highest BCUT2D eigenvalue weighted by Gasteiger charge is 2.11. The number of nitrogens with one attached hydrogen (secondary N) is 1. The Labute approximate surface area is 124 Å². The van der Waals surface area contributed by atoms with Crippen molar-refractivity contribution in [2.75, 3.05) is 5.32 Å². The molecule has 2 rings (SSSR count). The van der Waals surface area contributed by atoms with Gasteiger partial charge in [-0.1, -0.05) is 34.4 Å². The Bertz CT molecular complexity index is 694. The van der Waals surface area contributed by atoms with Crippen LogP contribution in [0.4, 0.5) is 11.4 Å². The first-order chi connectivity index (χ1) is 9.60. The van der Waals surface area contributed by atoms with Crippen molar-refractivity contribution < 1.29 is 4.79 Å². The summed E-state index contributed by atoms with van der Waals surface area (Å²) in [6.07, 6.45) is 0. The van der Waals surface area contributed by atoms with Crippen LogP contribution < -0.4 is 5.32 Å². The number of halogens is 2. The van der Waals surface area contributed by atoms with Gasteiger partial charge >= 0.3 is 0 Å². The van der Waals surface area contributed by atoms with Crippen LogP contribution in [0.1, 0.15) is 10.4 Å². The average molecular weight is 307 g/mol. The molecule has 2 aromatic rings. The summed E-state index contributed by atoms with van der Waals surface area (Å²) in [6.45, 7) is 0. The zero-order valence-electron chi connectivity index (χ0n) is 10.0. The van der Waals surface area contributed by atoms with E-state index in [-0.39, 0.29) is 11.3 Å². The molecule has 0 bridgehead atoms. The fourth-order valence-corrected chi connectivity index (χ4v) is 1.86. The first-order valence-corrected chi connectivity index (χ1v) is 6.27. The van der Waals surface area contributed by atoms with Gasteiger partial charge in [0.15, 0.2) is 0 Å². The SMILES string of the molecule is [N-]=[N+]=Nc1ccc(Cl)cc1C(=O)Nc1ccc(Cl)cc1. The van der Waals surface area contributed by atoms with Gasteiger partial charge in [0.2, 0.25) is 0 Å². The van der Waals surface area contributed by atoms with E-state index >= 15 is 0 Å². The zero-order chi connectivity index (χ0) is 14.5. The highest BCUT2D eigenvalue weighted by molar-refractivity contribution is 6.31. The van der Waals surface area contributed by atoms with Crippen molar-refractivity contribution in [2.45, 2.75) is 0 Å². The van der Waals surface area contributed by atoms with Crippen LogP contribution >= 0.6 is 23.2 Å². The molecule has 0 aliphatic heterocycles. The van der Waals surface area contributed by atoms with Crippen molar-refractivity contribution in [3.8, 4) is 0 Å². The Morgan fingerprint density at radius 3 is 2.40 bits per heavy atom. The molecule has 5 nitrogen and oxygen atoms in total. The van der Waals surface area contributed by atoms with Crippen LogP contribution in [0.25, 0.3) is 10.4 Å². The van der Waals surface area contributed by atoms with Gasteiger partial charge in [0.1, 0.15) is 0 Å². The van der Waals surface area contributed by atoms with Gasteiger partial charge in [-0.2, -0.15) is 0 Å². The summed E-state index contributed by atoms with van der Waals surface area (Å²) in [5.41, 5.74) is 9.48. The zero-order valence-corrected chi connectivity index (χ0v) is 11.6. The van der Waals surface area contributed by atoms with Crippen LogP contribution in [-0.4, -0.2) is 5.91 Å². The van der Waals surface area contributed by atoms with E-state index in [9.17, 15) is 4.79 Å². The molecular weight excluding hydrogens is 299 g/mol. The smallest absolute Gasteiger partial charge is 0.256 e. The van der Waals surface area contributed by atoms with Crippen LogP contribution in [0.3, 0.4) is 0 Å². The first-order valence-electron chi connectivity index (χ1n) is 5.52. The third-order valence-electron chi connectivity index (χ3n) is 2.46. The van der Waals surface area contributed by atoms with E-state index in [0.29, 0.717) is 15.7 Å². The van der Waals surface area contributed by atoms with Gasteiger partial charge < -0.3 is 5.32 Å². The number of hydrogen-bond acceptors (Lipinski definition) is 2. The van der Waals surface area contributed by atoms with E-state index in [2.05, 4.69) is 15.3 Å². The Balaban J connectivity index is 2.30. The van der Waals surface area contributed by atoms with Crippen LogP contribution in [0.15, 0.2) is 47.6 Å². The molecule has 0 fully saturated rings. The van der Waals surface area contributed by atoms with Gasteiger partial charge in [-0.3, -0.25) is 4.79 Å². The number of hydrogen-bond donors (Lipinski definition) is 1. The molecule has 0 unspecified atom stereocenters. The molecule has 0 saturated carbocycles. The molecule has 7 heteroatoms. The standard InChI is InChI=1S/C13H8Cl2N4O/c14-8-1-4-10(5-2-8)17-13(20)11-7-9(15)3-6-12(11)18-19-16/h1-7H,(H,17,20). The number of nitrogens with zero attached hydrogens (tertiary/aromatic N) is 3. The molecule has 2 aromatic carbocycles. The number of anilines is 1. The van der Waals surface area contributed by atoms with Crippen LogP contribution in [-0.2, 0) is 0 Å². The van der Waals surface area contributed by atoms with Crippen molar-refractivity contribution in [1.82, 2.24) is 0 Å². The van der Waals surface area contributed by atoms with Crippen molar-refractivity contribution in [2.24, 2.45) is 5.11 Å². The highest BCUT2D eigenvalue weighted by atomic mass is 35.5. The van der Waals surface area contributed by atoms with E-state index in [1.165, 1.54) is 12.1 Å². The summed E-state index contributed by atoms with van der Waals surface area (Å²) in [4.78, 5) is 14.8. The predicted molar refractivity (Wildman–Crippen MR) is 79.7 cm³/mol. The lowest BCUT2D eigenvalue weighted by Crippen LogP contribution is -2.12. The Hall–Kier alpha value is -2.20. The molecule has 100 valence electrons. The van der Waals surface area contributed by atoms with E-state index in [0.717, 1.165) is 0 Å². The highest BCUT2D eigenvalue weighted by Crippen LogP contribution is 2.25. The second-order valence-electron chi connectivity index (χ2n) is 3.81. The van der Waals surface area contributed by atoms with E-state index < -0.39 is 5.91 Å². The minimum Gasteiger partial charge on any atom is -0.322 e. The molecule has 0 atom stereocenters. The number of rotatable bonds is 3. The fourth-order valence-electron chi connectivity index (χ4n) is 1.56. The minimum atomic E-state index is -0.419. The summed E-state index contributed by atoms with van der Waals surface area (Å²) >= 11 is 11.6. The molecule has 0 spiro atoms. The summed E-state index contributed by atoms with van der Waals surface area (Å²) < 4.78 is 0. The van der Waals surface area contributed by atoms with Crippen molar-refractivity contribution in [1.29, 1.82) is 0 Å². The number of carbonyl (C=O) groups excluding carboxylic acids is 1. The lowest BCUT2D eigenvalue weighted by Gasteiger charge is -2.08. The Morgan fingerprint density at radius 1 is 1.10 bits per heavy atom. The van der Waals surface area contributed by atoms with Gasteiger partial charge in [-0.15, -0.1) is 0 Å². The van der Waals surface area contributed by atoms with Crippen LogP contribution in [0.5, 0.6) is 0 Å². The van der Waals surface area contributed by atoms with Gasteiger partial charge in [0.05, 0.1) is 11.3 Å². The van der Waals surface area contributed by atoms with E-state index in [1.807, 2.05) is 0 Å². The van der Waals surface area contributed by atoms with E-state index in [1.54, 1.807) is 30.3 Å². The Kier molecular flexibility index (Phi) is 4.48. The molecule has 0 heterocycles. The summed E-state index contributed by atoms with van der Waals surface area (Å²) in [6, 6.07) is 11.1. The number of azide groups is 1. The summed E-state index contributed by atoms with van der Waals surface area (Å²) in [5, 5.41) is 7.08. The van der Waals surface area contributed by atoms with Crippen molar-refractivity contribution >= 4 is 40.5 Å². The van der Waals surface area contributed by atoms with Crippen LogP contribution in [0.2, 0.25) is 10.0 Å². The van der Waals surface area contributed by atoms with Crippen LogP contribution in [0, 0.1) is 0 Å². The molecule has 1 N–H and O–H groups in total. The third-order valence-corrected chi connectivity index (χ3v) is 2.94. The maximum atomic E-state index is 12.2. The molecule has 1 amide bonds. The van der Waals surface area contributed by atoms with Gasteiger partial charge in [0.25, 0.3) is 5.91 Å². The van der Waals surface area contributed by atoms with Gasteiger partial charge in [0, 0.05) is 20.6 Å². The summed E-state index contributed by atoms with van der Waals surface area (Å²) in [5.74, 6) is -0.419. The lowest BCUT2D eigenvalue weighted by atomic mass is 10.1. The lowest BCUT2D eigenvalue weighted by molar-refractivity contribution is 0.102. The number of benzene rings is 2. The molecule has 0 radical (unpaired) electrons. The first kappa shape index (κ1) is 14.2. The quantitative estimate of drug-likeness (QED) is 0.473. The molecular formula is C13H8Cl2N4O. The third kappa shape index (κ3) is 3.42. The second-order valence-corrected chi connectivity index (χ2v) is 4.68. The minimum absolute atomic E-state index is 0.199. The normalized spacial score (nSPS) is 9.70. The number of amides is 1. The number of carbonyl (C=O) groups is 1. The maximum Gasteiger partial charge on any atom is 0.256 e. The van der Waals surface area contributed by atoms with Crippen molar-refractivity contribution in [3.05, 3.63) is 68.5 Å². The maximum absolute atomic E-state index is 12.2. The monoisotopic (exact) mass is 306 g/mol. The largest absolute Gasteiger partial charge is 0.322 e. The fraction of sp³-hybridized carbons (Fsp3) is 0. The molecule has 20 heavy (non-hydrogen) atoms. The second kappa shape index (κ2) is 6.30. The van der Waals surface area contributed by atoms with Crippen molar-refractivity contribution in [3.63, 3.8) is 0 Å².